The van der Waals surface area contributed by atoms with Gasteiger partial charge in [0.15, 0.2) is 11.5 Å². The number of halogens is 1. The fourth-order valence-corrected chi connectivity index (χ4v) is 1.82. The summed E-state index contributed by atoms with van der Waals surface area (Å²) >= 11 is 0. The molecule has 3 N–H and O–H groups in total. The molecule has 0 aliphatic carbocycles. The minimum atomic E-state index is -0.655. The largest absolute Gasteiger partial charge is 0.482 e. The highest BCUT2D eigenvalue weighted by Crippen LogP contribution is 2.33. The monoisotopic (exact) mass is 300 g/mol. The van der Waals surface area contributed by atoms with E-state index in [1.165, 1.54) is 0 Å². The lowest BCUT2D eigenvalue weighted by atomic mass is 10.1. The van der Waals surface area contributed by atoms with Crippen LogP contribution in [0.25, 0.3) is 0 Å². The zero-order valence-corrected chi connectivity index (χ0v) is 12.7. The van der Waals surface area contributed by atoms with Gasteiger partial charge in [0, 0.05) is 12.1 Å². The van der Waals surface area contributed by atoms with Crippen molar-refractivity contribution in [3.8, 4) is 11.5 Å². The molecule has 20 heavy (non-hydrogen) atoms. The molecule has 0 aromatic heterocycles. The first-order valence-electron chi connectivity index (χ1n) is 6.36. The van der Waals surface area contributed by atoms with E-state index in [1.54, 1.807) is 6.07 Å². The van der Waals surface area contributed by atoms with Gasteiger partial charge in [-0.2, -0.15) is 0 Å². The van der Waals surface area contributed by atoms with Gasteiger partial charge in [-0.25, -0.2) is 0 Å². The number of nitrogens with one attached hydrogen (secondary N) is 1. The normalized spacial score (nSPS) is 20.8. The Morgan fingerprint density at radius 2 is 1.85 bits per heavy atom. The highest BCUT2D eigenvalue weighted by atomic mass is 35.5. The molecule has 0 saturated heterocycles. The number of para-hydroxylation sites is 2. The van der Waals surface area contributed by atoms with Gasteiger partial charge in [0.25, 0.3) is 5.91 Å². The summed E-state index contributed by atoms with van der Waals surface area (Å²) < 4.78 is 11.4. The second kappa shape index (κ2) is 6.33. The predicted molar refractivity (Wildman–Crippen MR) is 79.5 cm³/mol. The number of hydrogen-bond donors (Lipinski definition) is 2. The van der Waals surface area contributed by atoms with Crippen molar-refractivity contribution < 1.29 is 14.3 Å². The molecule has 0 fully saturated rings. The maximum Gasteiger partial charge on any atom is 0.265 e. The third-order valence-corrected chi connectivity index (χ3v) is 2.82. The molecule has 6 heteroatoms. The number of rotatable bonds is 3. The van der Waals surface area contributed by atoms with Gasteiger partial charge in [0.2, 0.25) is 6.10 Å². The summed E-state index contributed by atoms with van der Waals surface area (Å²) in [5, 5.41) is 2.78. The van der Waals surface area contributed by atoms with Gasteiger partial charge >= 0.3 is 0 Å². The van der Waals surface area contributed by atoms with Crippen LogP contribution in [0.5, 0.6) is 11.5 Å². The first-order chi connectivity index (χ1) is 8.87. The lowest BCUT2D eigenvalue weighted by molar-refractivity contribution is -0.133. The van der Waals surface area contributed by atoms with Crippen LogP contribution in [0.15, 0.2) is 24.3 Å². The summed E-state index contributed by atoms with van der Waals surface area (Å²) in [4.78, 5) is 12.1. The molecule has 0 spiro atoms. The fraction of sp³-hybridized carbons (Fsp3) is 0.500. The fourth-order valence-electron chi connectivity index (χ4n) is 1.82. The van der Waals surface area contributed by atoms with Crippen LogP contribution in [0.3, 0.4) is 0 Å². The van der Waals surface area contributed by atoms with Crippen LogP contribution in [-0.2, 0) is 4.79 Å². The molecule has 1 aliphatic rings. The Bertz CT molecular complexity index is 474. The summed E-state index contributed by atoms with van der Waals surface area (Å²) in [6.07, 6.45) is -0.993. The molecule has 1 aromatic rings. The quantitative estimate of drug-likeness (QED) is 0.887. The topological polar surface area (TPSA) is 73.6 Å². The van der Waals surface area contributed by atoms with Crippen molar-refractivity contribution in [2.24, 2.45) is 5.73 Å². The number of ether oxygens (including phenoxy) is 2. The molecule has 5 nitrogen and oxygen atoms in total. The van der Waals surface area contributed by atoms with Crippen molar-refractivity contribution in [3.63, 3.8) is 0 Å². The van der Waals surface area contributed by atoms with Crippen molar-refractivity contribution in [3.05, 3.63) is 24.3 Å². The zero-order chi connectivity index (χ0) is 14.0. The average Bonchev–Trinajstić information content (AvgIpc) is 2.34. The SMILES string of the molecule is CC1Oc2ccccc2OC1C(=O)NCC(C)(C)N.Cl. The van der Waals surface area contributed by atoms with E-state index in [0.717, 1.165) is 0 Å². The molecule has 112 valence electrons. The Morgan fingerprint density at radius 3 is 2.40 bits per heavy atom. The van der Waals surface area contributed by atoms with E-state index >= 15 is 0 Å². The Morgan fingerprint density at radius 1 is 1.30 bits per heavy atom. The number of amides is 1. The van der Waals surface area contributed by atoms with Gasteiger partial charge in [-0.3, -0.25) is 4.79 Å². The van der Waals surface area contributed by atoms with Crippen LogP contribution >= 0.6 is 12.4 Å². The van der Waals surface area contributed by atoms with E-state index in [-0.39, 0.29) is 24.4 Å². The molecular formula is C14H21ClN2O3. The van der Waals surface area contributed by atoms with E-state index in [2.05, 4.69) is 5.32 Å². The van der Waals surface area contributed by atoms with E-state index in [4.69, 9.17) is 15.2 Å². The summed E-state index contributed by atoms with van der Waals surface area (Å²) in [5.74, 6) is 1.05. The maximum absolute atomic E-state index is 12.1. The number of hydrogen-bond acceptors (Lipinski definition) is 4. The second-order valence-corrected chi connectivity index (χ2v) is 5.51. The number of carbonyl (C=O) groups excluding carboxylic acids is 1. The molecule has 2 atom stereocenters. The molecule has 1 heterocycles. The molecule has 0 bridgehead atoms. The third kappa shape index (κ3) is 4.02. The third-order valence-electron chi connectivity index (χ3n) is 2.82. The van der Waals surface area contributed by atoms with E-state index in [0.29, 0.717) is 18.0 Å². The first kappa shape index (κ1) is 16.6. The second-order valence-electron chi connectivity index (χ2n) is 5.51. The van der Waals surface area contributed by atoms with Crippen LogP contribution < -0.4 is 20.5 Å². The van der Waals surface area contributed by atoms with Gasteiger partial charge in [0.05, 0.1) is 0 Å². The minimum Gasteiger partial charge on any atom is -0.482 e. The van der Waals surface area contributed by atoms with Crippen molar-refractivity contribution in [2.75, 3.05) is 6.54 Å². The standard InChI is InChI=1S/C14H20N2O3.ClH/c1-9-12(13(17)16-8-14(2,3)15)19-11-7-5-4-6-10(11)18-9;/h4-7,9,12H,8,15H2,1-3H3,(H,16,17);1H. The number of benzene rings is 1. The number of nitrogens with two attached hydrogens (primary N) is 1. The molecule has 1 aliphatic heterocycles. The predicted octanol–water partition coefficient (Wildman–Crippen LogP) is 1.49. The first-order valence-corrected chi connectivity index (χ1v) is 6.36. The highest BCUT2D eigenvalue weighted by molar-refractivity contribution is 5.85. The van der Waals surface area contributed by atoms with Gasteiger partial charge in [-0.15, -0.1) is 12.4 Å². The summed E-state index contributed by atoms with van der Waals surface area (Å²) in [7, 11) is 0. The van der Waals surface area contributed by atoms with Crippen molar-refractivity contribution in [2.45, 2.75) is 38.5 Å². The summed E-state index contributed by atoms with van der Waals surface area (Å²) in [6, 6.07) is 7.32. The molecule has 2 rings (SSSR count). The molecular weight excluding hydrogens is 280 g/mol. The van der Waals surface area contributed by atoms with E-state index in [9.17, 15) is 4.79 Å². The Balaban J connectivity index is 0.00000200. The molecule has 0 radical (unpaired) electrons. The van der Waals surface area contributed by atoms with Crippen molar-refractivity contribution in [1.29, 1.82) is 0 Å². The van der Waals surface area contributed by atoms with Crippen LogP contribution in [0.2, 0.25) is 0 Å². The van der Waals surface area contributed by atoms with E-state index in [1.807, 2.05) is 39.0 Å². The van der Waals surface area contributed by atoms with Gasteiger partial charge in [-0.05, 0) is 32.9 Å². The van der Waals surface area contributed by atoms with Crippen LogP contribution in [0, 0.1) is 0 Å². The highest BCUT2D eigenvalue weighted by Gasteiger charge is 2.34. The number of carbonyl (C=O) groups is 1. The average molecular weight is 301 g/mol. The number of fused-ring (bicyclic) bond motifs is 1. The molecule has 1 amide bonds. The van der Waals surface area contributed by atoms with Crippen molar-refractivity contribution in [1.82, 2.24) is 5.32 Å². The lowest BCUT2D eigenvalue weighted by Crippen LogP contribution is -2.53. The molecule has 1 aromatic carbocycles. The van der Waals surface area contributed by atoms with Crippen LogP contribution in [-0.4, -0.2) is 30.2 Å². The van der Waals surface area contributed by atoms with Gasteiger partial charge < -0.3 is 20.5 Å². The summed E-state index contributed by atoms with van der Waals surface area (Å²) in [6.45, 7) is 5.91. The minimum absolute atomic E-state index is 0. The van der Waals surface area contributed by atoms with Crippen LogP contribution in [0.4, 0.5) is 0 Å². The zero-order valence-electron chi connectivity index (χ0n) is 11.9. The Hall–Kier alpha value is -1.46. The van der Waals surface area contributed by atoms with Crippen molar-refractivity contribution >= 4 is 18.3 Å². The summed E-state index contributed by atoms with van der Waals surface area (Å²) in [5.41, 5.74) is 5.39. The lowest BCUT2D eigenvalue weighted by Gasteiger charge is -2.31. The molecule has 2 unspecified atom stereocenters. The molecule has 0 saturated carbocycles. The van der Waals surface area contributed by atoms with E-state index < -0.39 is 11.6 Å². The van der Waals surface area contributed by atoms with Gasteiger partial charge in [0.1, 0.15) is 6.10 Å². The van der Waals surface area contributed by atoms with Crippen LogP contribution in [0.1, 0.15) is 20.8 Å². The Kier molecular flexibility index (Phi) is 5.25. The maximum atomic E-state index is 12.1. The Labute approximate surface area is 125 Å². The van der Waals surface area contributed by atoms with Gasteiger partial charge in [-0.1, -0.05) is 12.1 Å². The smallest absolute Gasteiger partial charge is 0.265 e.